The highest BCUT2D eigenvalue weighted by Gasteiger charge is 2.22. The number of hydrogen-bond acceptors (Lipinski definition) is 6. The Morgan fingerprint density at radius 2 is 1.96 bits per heavy atom. The summed E-state index contributed by atoms with van der Waals surface area (Å²) in [6.45, 7) is 9.07. The van der Waals surface area contributed by atoms with Crippen LogP contribution in [0.2, 0.25) is 0 Å². The summed E-state index contributed by atoms with van der Waals surface area (Å²) in [5.74, 6) is 0.250. The smallest absolute Gasteiger partial charge is 0.225 e. The fourth-order valence-corrected chi connectivity index (χ4v) is 2.96. The first-order valence-electron chi connectivity index (χ1n) is 8.34. The average molecular weight is 322 g/mol. The molecule has 0 bridgehead atoms. The molecular formula is C18H22N6. The standard InChI is InChI=1S/C18H22N6/c1-3-23-8-10-24(11-9-23)18-21-14(2)12-17(22-18)15(13-19)16-6-4-5-7-20-16/h4-7,12,15H,3,8-11H2,1-2H3. The third kappa shape index (κ3) is 3.52. The Morgan fingerprint density at radius 1 is 1.17 bits per heavy atom. The average Bonchev–Trinajstić information content (AvgIpc) is 2.63. The highest BCUT2D eigenvalue weighted by atomic mass is 15.3. The Hall–Kier alpha value is -2.52. The number of likely N-dealkylation sites (N-methyl/N-ethyl adjacent to an activating group) is 1. The predicted octanol–water partition coefficient (Wildman–Crippen LogP) is 1.98. The minimum atomic E-state index is -0.469. The molecule has 1 atom stereocenters. The highest BCUT2D eigenvalue weighted by Crippen LogP contribution is 2.23. The molecule has 6 nitrogen and oxygen atoms in total. The lowest BCUT2D eigenvalue weighted by Gasteiger charge is -2.34. The van der Waals surface area contributed by atoms with Crippen molar-refractivity contribution in [3.8, 4) is 6.07 Å². The van der Waals surface area contributed by atoms with Gasteiger partial charge >= 0.3 is 0 Å². The maximum Gasteiger partial charge on any atom is 0.225 e. The maximum absolute atomic E-state index is 9.62. The lowest BCUT2D eigenvalue weighted by molar-refractivity contribution is 0.270. The molecule has 124 valence electrons. The Morgan fingerprint density at radius 3 is 2.58 bits per heavy atom. The van der Waals surface area contributed by atoms with Gasteiger partial charge in [0.05, 0.1) is 17.5 Å². The van der Waals surface area contributed by atoms with E-state index in [-0.39, 0.29) is 0 Å². The summed E-state index contributed by atoms with van der Waals surface area (Å²) in [7, 11) is 0. The molecule has 3 heterocycles. The third-order valence-electron chi connectivity index (χ3n) is 4.37. The van der Waals surface area contributed by atoms with Crippen LogP contribution in [0.5, 0.6) is 0 Å². The van der Waals surface area contributed by atoms with E-state index < -0.39 is 5.92 Å². The molecule has 0 N–H and O–H groups in total. The molecule has 2 aromatic rings. The molecule has 1 aliphatic heterocycles. The number of nitriles is 1. The van der Waals surface area contributed by atoms with Gasteiger partial charge in [0.1, 0.15) is 5.92 Å². The quantitative estimate of drug-likeness (QED) is 0.857. The van der Waals surface area contributed by atoms with E-state index in [9.17, 15) is 5.26 Å². The Kier molecular flexibility index (Phi) is 5.02. The zero-order valence-electron chi connectivity index (χ0n) is 14.2. The van der Waals surface area contributed by atoms with Gasteiger partial charge in [-0.2, -0.15) is 5.26 Å². The van der Waals surface area contributed by atoms with E-state index in [0.29, 0.717) is 0 Å². The van der Waals surface area contributed by atoms with Crippen LogP contribution in [0.4, 0.5) is 5.95 Å². The molecule has 1 aliphatic rings. The second-order valence-electron chi connectivity index (χ2n) is 5.97. The van der Waals surface area contributed by atoms with Gasteiger partial charge in [-0.3, -0.25) is 4.98 Å². The van der Waals surface area contributed by atoms with E-state index in [4.69, 9.17) is 0 Å². The predicted molar refractivity (Wildman–Crippen MR) is 92.8 cm³/mol. The molecule has 3 rings (SSSR count). The van der Waals surface area contributed by atoms with Gasteiger partial charge in [0.15, 0.2) is 0 Å². The van der Waals surface area contributed by atoms with Crippen molar-refractivity contribution in [3.05, 3.63) is 47.5 Å². The van der Waals surface area contributed by atoms with Gasteiger partial charge in [0.25, 0.3) is 0 Å². The van der Waals surface area contributed by atoms with Crippen LogP contribution in [0.1, 0.15) is 29.9 Å². The fourth-order valence-electron chi connectivity index (χ4n) is 2.96. The van der Waals surface area contributed by atoms with E-state index in [2.05, 4.69) is 37.7 Å². The second-order valence-corrected chi connectivity index (χ2v) is 5.97. The molecule has 0 aliphatic carbocycles. The second kappa shape index (κ2) is 7.37. The van der Waals surface area contributed by atoms with E-state index >= 15 is 0 Å². The first kappa shape index (κ1) is 16.3. The van der Waals surface area contributed by atoms with Gasteiger partial charge in [0.2, 0.25) is 5.95 Å². The van der Waals surface area contributed by atoms with Crippen molar-refractivity contribution in [2.45, 2.75) is 19.8 Å². The summed E-state index contributed by atoms with van der Waals surface area (Å²) in [6.07, 6.45) is 1.71. The molecule has 0 saturated carbocycles. The van der Waals surface area contributed by atoms with E-state index in [1.165, 1.54) is 0 Å². The van der Waals surface area contributed by atoms with Gasteiger partial charge < -0.3 is 9.80 Å². The largest absolute Gasteiger partial charge is 0.338 e. The molecule has 1 fully saturated rings. The van der Waals surface area contributed by atoms with Gasteiger partial charge in [-0.1, -0.05) is 13.0 Å². The number of hydrogen-bond donors (Lipinski definition) is 0. The number of aromatic nitrogens is 3. The summed E-state index contributed by atoms with van der Waals surface area (Å²) in [6, 6.07) is 9.82. The van der Waals surface area contributed by atoms with Crippen LogP contribution in [0.15, 0.2) is 30.5 Å². The SMILES string of the molecule is CCN1CCN(c2nc(C)cc(C(C#N)c3ccccn3)n2)CC1. The minimum absolute atomic E-state index is 0.469. The van der Waals surface area contributed by atoms with Crippen molar-refractivity contribution in [1.82, 2.24) is 19.9 Å². The van der Waals surface area contributed by atoms with E-state index in [1.807, 2.05) is 31.2 Å². The van der Waals surface area contributed by atoms with Crippen LogP contribution in [0.25, 0.3) is 0 Å². The van der Waals surface area contributed by atoms with Crippen LogP contribution in [-0.2, 0) is 0 Å². The Labute approximate surface area is 142 Å². The number of anilines is 1. The first-order chi connectivity index (χ1) is 11.7. The number of aryl methyl sites for hydroxylation is 1. The fraction of sp³-hybridized carbons (Fsp3) is 0.444. The van der Waals surface area contributed by atoms with Gasteiger partial charge in [-0.15, -0.1) is 0 Å². The molecule has 2 aromatic heterocycles. The van der Waals surface area contributed by atoms with Crippen LogP contribution >= 0.6 is 0 Å². The van der Waals surface area contributed by atoms with Gasteiger partial charge in [-0.05, 0) is 31.7 Å². The molecule has 0 radical (unpaired) electrons. The van der Waals surface area contributed by atoms with E-state index in [0.717, 1.165) is 55.8 Å². The molecule has 24 heavy (non-hydrogen) atoms. The van der Waals surface area contributed by atoms with Crippen molar-refractivity contribution >= 4 is 5.95 Å². The highest BCUT2D eigenvalue weighted by molar-refractivity contribution is 5.38. The Bertz CT molecular complexity index is 716. The van der Waals surface area contributed by atoms with E-state index in [1.54, 1.807) is 6.20 Å². The van der Waals surface area contributed by atoms with Crippen molar-refractivity contribution in [2.24, 2.45) is 0 Å². The zero-order chi connectivity index (χ0) is 16.9. The summed E-state index contributed by atoms with van der Waals surface area (Å²) in [5.41, 5.74) is 2.32. The zero-order valence-corrected chi connectivity index (χ0v) is 14.2. The normalized spacial score (nSPS) is 16.6. The number of rotatable bonds is 4. The summed E-state index contributed by atoms with van der Waals surface area (Å²) >= 11 is 0. The van der Waals surface area contributed by atoms with Crippen LogP contribution in [-0.4, -0.2) is 52.6 Å². The molecule has 6 heteroatoms. The summed E-state index contributed by atoms with van der Waals surface area (Å²) < 4.78 is 0. The monoisotopic (exact) mass is 322 g/mol. The molecular weight excluding hydrogens is 300 g/mol. The summed E-state index contributed by atoms with van der Waals surface area (Å²) in [5, 5.41) is 9.62. The maximum atomic E-state index is 9.62. The van der Waals surface area contributed by atoms with Crippen LogP contribution in [0, 0.1) is 18.3 Å². The van der Waals surface area contributed by atoms with Crippen LogP contribution < -0.4 is 4.90 Å². The third-order valence-corrected chi connectivity index (χ3v) is 4.37. The van der Waals surface area contributed by atoms with Crippen molar-refractivity contribution in [3.63, 3.8) is 0 Å². The van der Waals surface area contributed by atoms with Crippen molar-refractivity contribution < 1.29 is 0 Å². The van der Waals surface area contributed by atoms with Crippen LogP contribution in [0.3, 0.4) is 0 Å². The molecule has 0 amide bonds. The molecule has 0 spiro atoms. The number of pyridine rings is 1. The topological polar surface area (TPSA) is 68.9 Å². The lowest BCUT2D eigenvalue weighted by Crippen LogP contribution is -2.46. The molecule has 1 saturated heterocycles. The Balaban J connectivity index is 1.88. The number of piperazine rings is 1. The number of nitrogens with zero attached hydrogens (tertiary/aromatic N) is 6. The van der Waals surface area contributed by atoms with Crippen molar-refractivity contribution in [1.29, 1.82) is 5.26 Å². The summed E-state index contributed by atoms with van der Waals surface area (Å²) in [4.78, 5) is 18.2. The van der Waals surface area contributed by atoms with Gasteiger partial charge in [-0.25, -0.2) is 9.97 Å². The molecule has 0 aromatic carbocycles. The lowest BCUT2D eigenvalue weighted by atomic mass is 10.0. The minimum Gasteiger partial charge on any atom is -0.338 e. The first-order valence-corrected chi connectivity index (χ1v) is 8.34. The molecule has 1 unspecified atom stereocenters. The van der Waals surface area contributed by atoms with Gasteiger partial charge in [0, 0.05) is 38.1 Å². The van der Waals surface area contributed by atoms with Crippen molar-refractivity contribution in [2.75, 3.05) is 37.6 Å².